The molecule has 0 bridgehead atoms. The minimum absolute atomic E-state index is 0.0506. The molecule has 0 atom stereocenters. The summed E-state index contributed by atoms with van der Waals surface area (Å²) in [6.45, 7) is 1.26. The van der Waals surface area contributed by atoms with Gasteiger partial charge in [0.1, 0.15) is 0 Å². The molecule has 3 rings (SSSR count). The van der Waals surface area contributed by atoms with E-state index in [9.17, 15) is 4.79 Å². The number of rotatable bonds is 3. The molecular weight excluding hydrogens is 290 g/mol. The summed E-state index contributed by atoms with van der Waals surface area (Å²) in [5, 5.41) is 9.15. The van der Waals surface area contributed by atoms with Gasteiger partial charge in [-0.3, -0.25) is 0 Å². The number of hydrogen-bond acceptors (Lipinski definition) is 5. The van der Waals surface area contributed by atoms with Crippen molar-refractivity contribution in [1.82, 2.24) is 4.98 Å². The standard InChI is InChI=1S/C15H13NO4S/c17-15(18)14-13(3-1-6-16-14)21-10-4-5-11-12(9-10)20-8-2-7-19-11/h1,3-6,9H,2,7-8H2,(H,17,18). The number of pyridine rings is 1. The van der Waals surface area contributed by atoms with Gasteiger partial charge in [0.15, 0.2) is 17.2 Å². The van der Waals surface area contributed by atoms with Gasteiger partial charge in [-0.05, 0) is 30.3 Å². The van der Waals surface area contributed by atoms with E-state index in [1.54, 1.807) is 12.1 Å². The first-order valence-corrected chi connectivity index (χ1v) is 7.31. The summed E-state index contributed by atoms with van der Waals surface area (Å²) in [5.41, 5.74) is 0.0506. The summed E-state index contributed by atoms with van der Waals surface area (Å²) < 4.78 is 11.2. The maximum absolute atomic E-state index is 11.2. The number of ether oxygens (including phenoxy) is 2. The lowest BCUT2D eigenvalue weighted by Gasteiger charge is -2.09. The van der Waals surface area contributed by atoms with E-state index in [0.29, 0.717) is 23.9 Å². The van der Waals surface area contributed by atoms with Crippen molar-refractivity contribution in [2.45, 2.75) is 16.2 Å². The van der Waals surface area contributed by atoms with Crippen molar-refractivity contribution in [3.8, 4) is 11.5 Å². The van der Waals surface area contributed by atoms with Crippen LogP contribution >= 0.6 is 11.8 Å². The van der Waals surface area contributed by atoms with Crippen molar-refractivity contribution in [1.29, 1.82) is 0 Å². The van der Waals surface area contributed by atoms with Gasteiger partial charge in [-0.25, -0.2) is 9.78 Å². The molecule has 1 N–H and O–H groups in total. The second-order valence-corrected chi connectivity index (χ2v) is 5.53. The van der Waals surface area contributed by atoms with E-state index < -0.39 is 5.97 Å². The van der Waals surface area contributed by atoms with Gasteiger partial charge in [0.05, 0.1) is 13.2 Å². The number of fused-ring (bicyclic) bond motifs is 1. The van der Waals surface area contributed by atoms with Gasteiger partial charge in [-0.1, -0.05) is 11.8 Å². The van der Waals surface area contributed by atoms with E-state index in [2.05, 4.69) is 4.98 Å². The molecular formula is C15H13NO4S. The number of aromatic nitrogens is 1. The molecule has 0 unspecified atom stereocenters. The molecule has 1 aromatic carbocycles. The SMILES string of the molecule is O=C(O)c1ncccc1Sc1ccc2c(c1)OCCCO2. The molecule has 6 heteroatoms. The highest BCUT2D eigenvalue weighted by Crippen LogP contribution is 2.37. The maximum atomic E-state index is 11.2. The van der Waals surface area contributed by atoms with Crippen molar-refractivity contribution < 1.29 is 19.4 Å². The fourth-order valence-corrected chi connectivity index (χ4v) is 2.91. The zero-order chi connectivity index (χ0) is 14.7. The molecule has 2 heterocycles. The molecule has 0 fully saturated rings. The van der Waals surface area contributed by atoms with Crippen molar-refractivity contribution in [2.75, 3.05) is 13.2 Å². The Kier molecular flexibility index (Phi) is 3.96. The molecule has 1 aliphatic rings. The van der Waals surface area contributed by atoms with Crippen LogP contribution in [0.3, 0.4) is 0 Å². The average molecular weight is 303 g/mol. The van der Waals surface area contributed by atoms with Crippen LogP contribution < -0.4 is 9.47 Å². The first-order valence-electron chi connectivity index (χ1n) is 6.50. The minimum atomic E-state index is -1.03. The van der Waals surface area contributed by atoms with E-state index in [1.165, 1.54) is 18.0 Å². The van der Waals surface area contributed by atoms with Crippen LogP contribution in [0.1, 0.15) is 16.9 Å². The fourth-order valence-electron chi connectivity index (χ4n) is 1.97. The predicted octanol–water partition coefficient (Wildman–Crippen LogP) is 3.09. The Morgan fingerprint density at radius 2 is 2.00 bits per heavy atom. The summed E-state index contributed by atoms with van der Waals surface area (Å²) in [4.78, 5) is 16.6. The second kappa shape index (κ2) is 6.05. The molecule has 108 valence electrons. The fraction of sp³-hybridized carbons (Fsp3) is 0.200. The topological polar surface area (TPSA) is 68.7 Å². The van der Waals surface area contributed by atoms with Crippen LogP contribution in [-0.2, 0) is 0 Å². The number of nitrogens with zero attached hydrogens (tertiary/aromatic N) is 1. The minimum Gasteiger partial charge on any atom is -0.490 e. The van der Waals surface area contributed by atoms with Gasteiger partial charge in [-0.2, -0.15) is 0 Å². The van der Waals surface area contributed by atoms with Gasteiger partial charge in [-0.15, -0.1) is 0 Å². The Hall–Kier alpha value is -2.21. The molecule has 1 aromatic heterocycles. The number of aromatic carboxylic acids is 1. The molecule has 0 radical (unpaired) electrons. The number of benzene rings is 1. The lowest BCUT2D eigenvalue weighted by molar-refractivity contribution is 0.0686. The zero-order valence-corrected chi connectivity index (χ0v) is 11.9. The zero-order valence-electron chi connectivity index (χ0n) is 11.1. The third-order valence-corrected chi connectivity index (χ3v) is 3.96. The van der Waals surface area contributed by atoms with Crippen LogP contribution in [0, 0.1) is 0 Å². The van der Waals surface area contributed by atoms with Crippen LogP contribution in [0.4, 0.5) is 0 Å². The molecule has 0 saturated heterocycles. The van der Waals surface area contributed by atoms with Crippen LogP contribution in [0.5, 0.6) is 11.5 Å². The first kappa shape index (κ1) is 13.8. The number of carboxylic acids is 1. The number of carbonyl (C=O) groups is 1. The third-order valence-electron chi connectivity index (χ3n) is 2.92. The Morgan fingerprint density at radius 3 is 2.81 bits per heavy atom. The Bertz CT molecular complexity index is 674. The Labute approximate surface area is 125 Å². The van der Waals surface area contributed by atoms with E-state index in [1.807, 2.05) is 18.2 Å². The van der Waals surface area contributed by atoms with Crippen LogP contribution in [0.15, 0.2) is 46.3 Å². The molecule has 0 saturated carbocycles. The molecule has 2 aromatic rings. The normalized spacial score (nSPS) is 13.5. The number of carboxylic acid groups (broad SMARTS) is 1. The Balaban J connectivity index is 1.89. The van der Waals surface area contributed by atoms with E-state index in [4.69, 9.17) is 14.6 Å². The highest BCUT2D eigenvalue weighted by molar-refractivity contribution is 7.99. The largest absolute Gasteiger partial charge is 0.490 e. The van der Waals surface area contributed by atoms with Crippen molar-refractivity contribution in [3.05, 3.63) is 42.2 Å². The lowest BCUT2D eigenvalue weighted by atomic mass is 10.3. The monoisotopic (exact) mass is 303 g/mol. The van der Waals surface area contributed by atoms with Crippen molar-refractivity contribution >= 4 is 17.7 Å². The smallest absolute Gasteiger partial charge is 0.355 e. The van der Waals surface area contributed by atoms with E-state index in [-0.39, 0.29) is 5.69 Å². The molecule has 5 nitrogen and oxygen atoms in total. The summed E-state index contributed by atoms with van der Waals surface area (Å²) in [5.74, 6) is 0.382. The third kappa shape index (κ3) is 3.11. The summed E-state index contributed by atoms with van der Waals surface area (Å²) in [6, 6.07) is 9.06. The van der Waals surface area contributed by atoms with Gasteiger partial charge in [0, 0.05) is 22.4 Å². The van der Waals surface area contributed by atoms with Gasteiger partial charge < -0.3 is 14.6 Å². The molecule has 1 aliphatic heterocycles. The van der Waals surface area contributed by atoms with Crippen molar-refractivity contribution in [3.63, 3.8) is 0 Å². The first-order chi connectivity index (χ1) is 10.2. The van der Waals surface area contributed by atoms with Crippen LogP contribution in [0.2, 0.25) is 0 Å². The van der Waals surface area contributed by atoms with Crippen LogP contribution in [-0.4, -0.2) is 29.3 Å². The average Bonchev–Trinajstić information content (AvgIpc) is 2.72. The maximum Gasteiger partial charge on any atom is 0.355 e. The van der Waals surface area contributed by atoms with E-state index >= 15 is 0 Å². The summed E-state index contributed by atoms with van der Waals surface area (Å²) >= 11 is 1.34. The van der Waals surface area contributed by atoms with Gasteiger partial charge >= 0.3 is 5.97 Å². The predicted molar refractivity (Wildman–Crippen MR) is 77.4 cm³/mol. The van der Waals surface area contributed by atoms with Gasteiger partial charge in [0.2, 0.25) is 0 Å². The molecule has 21 heavy (non-hydrogen) atoms. The van der Waals surface area contributed by atoms with E-state index in [0.717, 1.165) is 17.1 Å². The molecule has 0 amide bonds. The number of hydrogen-bond donors (Lipinski definition) is 1. The molecule has 0 aliphatic carbocycles. The van der Waals surface area contributed by atoms with Crippen LogP contribution in [0.25, 0.3) is 0 Å². The summed E-state index contributed by atoms with van der Waals surface area (Å²) in [6.07, 6.45) is 2.32. The lowest BCUT2D eigenvalue weighted by Crippen LogP contribution is -2.01. The molecule has 0 spiro atoms. The Morgan fingerprint density at radius 1 is 1.19 bits per heavy atom. The van der Waals surface area contributed by atoms with Crippen molar-refractivity contribution in [2.24, 2.45) is 0 Å². The van der Waals surface area contributed by atoms with Gasteiger partial charge in [0.25, 0.3) is 0 Å². The quantitative estimate of drug-likeness (QED) is 0.939. The summed E-state index contributed by atoms with van der Waals surface area (Å²) in [7, 11) is 0. The highest BCUT2D eigenvalue weighted by Gasteiger charge is 2.15. The highest BCUT2D eigenvalue weighted by atomic mass is 32.2. The second-order valence-electron chi connectivity index (χ2n) is 4.42.